The second kappa shape index (κ2) is 6.38. The van der Waals surface area contributed by atoms with Crippen LogP contribution in [0.2, 0.25) is 0 Å². The highest BCUT2D eigenvalue weighted by Gasteiger charge is 2.23. The van der Waals surface area contributed by atoms with E-state index < -0.39 is 0 Å². The van der Waals surface area contributed by atoms with Crippen molar-refractivity contribution in [2.24, 2.45) is 5.92 Å². The zero-order chi connectivity index (χ0) is 13.8. The summed E-state index contributed by atoms with van der Waals surface area (Å²) in [7, 11) is 0. The molecule has 1 aromatic carbocycles. The van der Waals surface area contributed by atoms with Gasteiger partial charge in [0.05, 0.1) is 0 Å². The van der Waals surface area contributed by atoms with Crippen LogP contribution in [0.25, 0.3) is 0 Å². The largest absolute Gasteiger partial charge is 0.488 e. The van der Waals surface area contributed by atoms with Crippen LogP contribution in [-0.4, -0.2) is 18.7 Å². The predicted octanol–water partition coefficient (Wildman–Crippen LogP) is 3.54. The van der Waals surface area contributed by atoms with E-state index in [9.17, 15) is 4.39 Å². The Hall–Kier alpha value is -1.09. The van der Waals surface area contributed by atoms with Gasteiger partial charge in [-0.1, -0.05) is 20.3 Å². The molecule has 3 unspecified atom stereocenters. The van der Waals surface area contributed by atoms with Crippen LogP contribution >= 0.6 is 0 Å². The summed E-state index contributed by atoms with van der Waals surface area (Å²) < 4.78 is 18.9. The highest BCUT2D eigenvalue weighted by molar-refractivity contribution is 5.37. The van der Waals surface area contributed by atoms with Crippen molar-refractivity contribution in [2.75, 3.05) is 6.54 Å². The van der Waals surface area contributed by atoms with Gasteiger partial charge in [-0.2, -0.15) is 0 Å². The summed E-state index contributed by atoms with van der Waals surface area (Å²) in [6, 6.07) is 5.27. The van der Waals surface area contributed by atoms with Gasteiger partial charge in [-0.3, -0.25) is 0 Å². The molecule has 0 amide bonds. The van der Waals surface area contributed by atoms with Gasteiger partial charge in [-0.25, -0.2) is 4.39 Å². The first kappa shape index (κ1) is 14.3. The molecule has 1 aliphatic rings. The molecule has 0 spiro atoms. The highest BCUT2D eigenvalue weighted by atomic mass is 19.1. The van der Waals surface area contributed by atoms with Crippen molar-refractivity contribution in [3.05, 3.63) is 29.6 Å². The molecule has 1 aliphatic heterocycles. The van der Waals surface area contributed by atoms with Gasteiger partial charge in [0.15, 0.2) is 0 Å². The smallest absolute Gasteiger partial charge is 0.123 e. The molecular formula is C16H24FNO. The Bertz CT molecular complexity index is 421. The van der Waals surface area contributed by atoms with Crippen molar-refractivity contribution in [2.45, 2.75) is 52.2 Å². The Morgan fingerprint density at radius 1 is 1.42 bits per heavy atom. The molecule has 3 heteroatoms. The maximum Gasteiger partial charge on any atom is 0.123 e. The first-order chi connectivity index (χ1) is 9.08. The summed E-state index contributed by atoms with van der Waals surface area (Å²) >= 11 is 0. The number of rotatable bonds is 6. The number of fused-ring (bicyclic) bond motifs is 1. The maximum atomic E-state index is 13.1. The zero-order valence-corrected chi connectivity index (χ0v) is 12.1. The molecule has 0 aromatic heterocycles. The van der Waals surface area contributed by atoms with Crippen molar-refractivity contribution < 1.29 is 9.13 Å². The molecule has 0 aliphatic carbocycles. The van der Waals surface area contributed by atoms with Crippen LogP contribution in [0.5, 0.6) is 5.75 Å². The Morgan fingerprint density at radius 2 is 2.21 bits per heavy atom. The number of benzene rings is 1. The highest BCUT2D eigenvalue weighted by Crippen LogP contribution is 2.29. The third kappa shape index (κ3) is 3.93. The Morgan fingerprint density at radius 3 is 2.95 bits per heavy atom. The van der Waals surface area contributed by atoms with Crippen molar-refractivity contribution >= 4 is 0 Å². The van der Waals surface area contributed by atoms with E-state index in [-0.39, 0.29) is 11.9 Å². The molecule has 3 atom stereocenters. The number of hydrogen-bond acceptors (Lipinski definition) is 2. The number of ether oxygens (including phenoxy) is 1. The van der Waals surface area contributed by atoms with E-state index in [2.05, 4.69) is 26.1 Å². The average Bonchev–Trinajstić information content (AvgIpc) is 2.78. The number of nitrogens with one attached hydrogen (secondary N) is 1. The summed E-state index contributed by atoms with van der Waals surface area (Å²) in [6.07, 6.45) is 3.34. The van der Waals surface area contributed by atoms with Crippen molar-refractivity contribution in [1.82, 2.24) is 5.32 Å². The Balaban J connectivity index is 1.78. The first-order valence-corrected chi connectivity index (χ1v) is 7.27. The lowest BCUT2D eigenvalue weighted by atomic mass is 10.0. The Kier molecular flexibility index (Phi) is 4.81. The molecule has 19 heavy (non-hydrogen) atoms. The van der Waals surface area contributed by atoms with Crippen LogP contribution in [0.15, 0.2) is 18.2 Å². The van der Waals surface area contributed by atoms with Gasteiger partial charge in [-0.05, 0) is 37.5 Å². The predicted molar refractivity (Wildman–Crippen MR) is 76.1 cm³/mol. The van der Waals surface area contributed by atoms with Crippen LogP contribution in [0.4, 0.5) is 4.39 Å². The quantitative estimate of drug-likeness (QED) is 0.849. The van der Waals surface area contributed by atoms with Crippen molar-refractivity contribution in [3.63, 3.8) is 0 Å². The number of halogens is 1. The van der Waals surface area contributed by atoms with Gasteiger partial charge >= 0.3 is 0 Å². The molecule has 0 saturated carbocycles. The van der Waals surface area contributed by atoms with Gasteiger partial charge in [0, 0.05) is 24.6 Å². The van der Waals surface area contributed by atoms with Gasteiger partial charge in [0.2, 0.25) is 0 Å². The van der Waals surface area contributed by atoms with Crippen LogP contribution in [-0.2, 0) is 6.42 Å². The zero-order valence-electron chi connectivity index (χ0n) is 12.1. The lowest BCUT2D eigenvalue weighted by Crippen LogP contribution is -2.36. The standard InChI is InChI=1S/C16H24FNO/c1-4-11(2)7-12(3)18-10-15-9-13-8-14(17)5-6-16(13)19-15/h5-6,8,11-12,15,18H,4,7,9-10H2,1-3H3. The average molecular weight is 265 g/mol. The Labute approximate surface area is 115 Å². The molecule has 0 bridgehead atoms. The van der Waals surface area contributed by atoms with Crippen molar-refractivity contribution in [1.29, 1.82) is 0 Å². The third-order valence-electron chi connectivity index (χ3n) is 3.91. The fourth-order valence-corrected chi connectivity index (χ4v) is 2.59. The molecule has 2 rings (SSSR count). The van der Waals surface area contributed by atoms with E-state index in [1.165, 1.54) is 18.9 Å². The minimum Gasteiger partial charge on any atom is -0.488 e. The van der Waals surface area contributed by atoms with Crippen LogP contribution < -0.4 is 10.1 Å². The molecule has 0 saturated heterocycles. The van der Waals surface area contributed by atoms with E-state index >= 15 is 0 Å². The summed E-state index contributed by atoms with van der Waals surface area (Å²) in [5.41, 5.74) is 0.987. The molecule has 1 N–H and O–H groups in total. The minimum atomic E-state index is -0.180. The SMILES string of the molecule is CCC(C)CC(C)NCC1Cc2cc(F)ccc2O1. The van der Waals surface area contributed by atoms with Crippen LogP contribution in [0, 0.1) is 11.7 Å². The fourth-order valence-electron chi connectivity index (χ4n) is 2.59. The second-order valence-corrected chi connectivity index (χ2v) is 5.75. The van der Waals surface area contributed by atoms with Gasteiger partial charge in [0.25, 0.3) is 0 Å². The summed E-state index contributed by atoms with van der Waals surface area (Å²) in [4.78, 5) is 0. The summed E-state index contributed by atoms with van der Waals surface area (Å²) in [6.45, 7) is 7.55. The molecule has 0 fully saturated rings. The normalized spacial score (nSPS) is 20.7. The monoisotopic (exact) mass is 265 g/mol. The number of hydrogen-bond donors (Lipinski definition) is 1. The molecule has 1 heterocycles. The molecule has 2 nitrogen and oxygen atoms in total. The van der Waals surface area contributed by atoms with Gasteiger partial charge < -0.3 is 10.1 Å². The molecular weight excluding hydrogens is 241 g/mol. The van der Waals surface area contributed by atoms with E-state index in [1.54, 1.807) is 12.1 Å². The van der Waals surface area contributed by atoms with E-state index in [0.717, 1.165) is 30.2 Å². The summed E-state index contributed by atoms with van der Waals surface area (Å²) in [5, 5.41) is 3.52. The third-order valence-corrected chi connectivity index (χ3v) is 3.91. The van der Waals surface area contributed by atoms with E-state index in [0.29, 0.717) is 6.04 Å². The van der Waals surface area contributed by atoms with Crippen molar-refractivity contribution in [3.8, 4) is 5.75 Å². The lowest BCUT2D eigenvalue weighted by molar-refractivity contribution is 0.219. The maximum absolute atomic E-state index is 13.1. The van der Waals surface area contributed by atoms with E-state index in [1.807, 2.05) is 0 Å². The van der Waals surface area contributed by atoms with Gasteiger partial charge in [-0.15, -0.1) is 0 Å². The topological polar surface area (TPSA) is 21.3 Å². The first-order valence-electron chi connectivity index (χ1n) is 7.27. The second-order valence-electron chi connectivity index (χ2n) is 5.75. The molecule has 0 radical (unpaired) electrons. The van der Waals surface area contributed by atoms with E-state index in [4.69, 9.17) is 4.74 Å². The van der Waals surface area contributed by atoms with Gasteiger partial charge in [0.1, 0.15) is 17.7 Å². The summed E-state index contributed by atoms with van der Waals surface area (Å²) in [5.74, 6) is 1.40. The fraction of sp³-hybridized carbons (Fsp3) is 0.625. The van der Waals surface area contributed by atoms with Crippen LogP contribution in [0.1, 0.15) is 39.2 Å². The lowest BCUT2D eigenvalue weighted by Gasteiger charge is -2.19. The molecule has 1 aromatic rings. The molecule has 106 valence electrons. The van der Waals surface area contributed by atoms with Crippen LogP contribution in [0.3, 0.4) is 0 Å². The minimum absolute atomic E-state index is 0.135.